The van der Waals surface area contributed by atoms with Crippen molar-refractivity contribution in [3.05, 3.63) is 11.7 Å². The number of carboxylic acids is 1. The zero-order valence-electron chi connectivity index (χ0n) is 10.7. The second kappa shape index (κ2) is 5.77. The van der Waals surface area contributed by atoms with Crippen LogP contribution in [-0.4, -0.2) is 39.7 Å². The second-order valence-corrected chi connectivity index (χ2v) is 4.64. The Balaban J connectivity index is 2.50. The van der Waals surface area contributed by atoms with Crippen molar-refractivity contribution in [2.45, 2.75) is 33.2 Å². The van der Waals surface area contributed by atoms with E-state index >= 15 is 0 Å². The third kappa shape index (κ3) is 4.14. The number of hydrogen-bond donors (Lipinski definition) is 1. The van der Waals surface area contributed by atoms with E-state index in [9.17, 15) is 4.79 Å². The molecule has 0 aliphatic carbocycles. The van der Waals surface area contributed by atoms with Gasteiger partial charge < -0.3 is 9.63 Å². The van der Waals surface area contributed by atoms with Gasteiger partial charge in [0.2, 0.25) is 5.89 Å². The first kappa shape index (κ1) is 13.6. The summed E-state index contributed by atoms with van der Waals surface area (Å²) in [5, 5.41) is 12.6. The minimum absolute atomic E-state index is 0.232. The van der Waals surface area contributed by atoms with Gasteiger partial charge in [-0.05, 0) is 7.05 Å². The average molecular weight is 241 g/mol. The first-order valence-electron chi connectivity index (χ1n) is 5.64. The third-order valence-electron chi connectivity index (χ3n) is 2.41. The van der Waals surface area contributed by atoms with Crippen LogP contribution in [0.4, 0.5) is 0 Å². The number of rotatable bonds is 6. The van der Waals surface area contributed by atoms with Crippen molar-refractivity contribution >= 4 is 5.97 Å². The van der Waals surface area contributed by atoms with Crippen molar-refractivity contribution in [1.82, 2.24) is 15.0 Å². The summed E-state index contributed by atoms with van der Waals surface area (Å²) in [5.41, 5.74) is 0. The van der Waals surface area contributed by atoms with E-state index < -0.39 is 11.9 Å². The van der Waals surface area contributed by atoms with Gasteiger partial charge >= 0.3 is 5.97 Å². The second-order valence-electron chi connectivity index (χ2n) is 4.64. The van der Waals surface area contributed by atoms with Crippen LogP contribution in [0.5, 0.6) is 0 Å². The van der Waals surface area contributed by atoms with E-state index in [4.69, 9.17) is 9.63 Å². The largest absolute Gasteiger partial charge is 0.481 e. The predicted molar refractivity (Wildman–Crippen MR) is 61.5 cm³/mol. The van der Waals surface area contributed by atoms with Crippen molar-refractivity contribution in [3.8, 4) is 0 Å². The first-order chi connectivity index (χ1) is 7.90. The molecule has 0 saturated carbocycles. The van der Waals surface area contributed by atoms with Gasteiger partial charge in [-0.1, -0.05) is 25.9 Å². The standard InChI is InChI=1S/C11H19N3O3/c1-7(2)10-12-9(17-13-10)6-14(4)5-8(3)11(15)16/h7-8H,5-6H2,1-4H3,(H,15,16). The SMILES string of the molecule is CC(CN(C)Cc1nc(C(C)C)no1)C(=O)O. The maximum atomic E-state index is 10.7. The van der Waals surface area contributed by atoms with E-state index in [-0.39, 0.29) is 5.92 Å². The lowest BCUT2D eigenvalue weighted by atomic mass is 10.2. The van der Waals surface area contributed by atoms with Gasteiger partial charge in [0.15, 0.2) is 5.82 Å². The fraction of sp³-hybridized carbons (Fsp3) is 0.727. The molecule has 0 fully saturated rings. The number of carbonyl (C=O) groups is 1. The highest BCUT2D eigenvalue weighted by Crippen LogP contribution is 2.11. The van der Waals surface area contributed by atoms with E-state index in [2.05, 4.69) is 10.1 Å². The summed E-state index contributed by atoms with van der Waals surface area (Å²) in [4.78, 5) is 16.8. The molecule has 6 nitrogen and oxygen atoms in total. The molecule has 1 atom stereocenters. The Morgan fingerprint density at radius 1 is 1.47 bits per heavy atom. The van der Waals surface area contributed by atoms with Gasteiger partial charge in [-0.15, -0.1) is 0 Å². The Hall–Kier alpha value is -1.43. The summed E-state index contributed by atoms with van der Waals surface area (Å²) in [6.07, 6.45) is 0. The molecule has 0 aromatic carbocycles. The number of aliphatic carboxylic acids is 1. The Kier molecular flexibility index (Phi) is 4.62. The average Bonchev–Trinajstić information content (AvgIpc) is 2.65. The van der Waals surface area contributed by atoms with Crippen molar-refractivity contribution in [2.75, 3.05) is 13.6 Å². The molecule has 0 radical (unpaired) electrons. The molecule has 0 aliphatic heterocycles. The molecule has 1 aromatic rings. The molecule has 1 rings (SSSR count). The molecule has 0 aliphatic rings. The highest BCUT2D eigenvalue weighted by molar-refractivity contribution is 5.69. The summed E-state index contributed by atoms with van der Waals surface area (Å²) in [7, 11) is 1.83. The molecule has 0 spiro atoms. The molecular formula is C11H19N3O3. The Bertz CT molecular complexity index is 376. The molecule has 0 saturated heterocycles. The van der Waals surface area contributed by atoms with Gasteiger partial charge in [-0.2, -0.15) is 4.98 Å². The lowest BCUT2D eigenvalue weighted by Crippen LogP contribution is -2.28. The maximum absolute atomic E-state index is 10.7. The molecule has 1 N–H and O–H groups in total. The molecule has 96 valence electrons. The van der Waals surface area contributed by atoms with E-state index in [1.165, 1.54) is 0 Å². The highest BCUT2D eigenvalue weighted by atomic mass is 16.5. The van der Waals surface area contributed by atoms with Crippen molar-refractivity contribution < 1.29 is 14.4 Å². The molecule has 0 amide bonds. The van der Waals surface area contributed by atoms with Gasteiger partial charge in [-0.3, -0.25) is 9.69 Å². The third-order valence-corrected chi connectivity index (χ3v) is 2.41. The minimum atomic E-state index is -0.801. The topological polar surface area (TPSA) is 79.5 Å². The van der Waals surface area contributed by atoms with Crippen LogP contribution in [0.3, 0.4) is 0 Å². The molecule has 0 bridgehead atoms. The van der Waals surface area contributed by atoms with Gasteiger partial charge in [0.1, 0.15) is 0 Å². The number of aromatic nitrogens is 2. The predicted octanol–water partition coefficient (Wildman–Crippen LogP) is 1.35. The lowest BCUT2D eigenvalue weighted by molar-refractivity contribution is -0.141. The summed E-state index contributed by atoms with van der Waals surface area (Å²) in [5.74, 6) is 0.224. The van der Waals surface area contributed by atoms with Crippen LogP contribution in [0.2, 0.25) is 0 Å². The Morgan fingerprint density at radius 3 is 2.59 bits per heavy atom. The van der Waals surface area contributed by atoms with Crippen LogP contribution in [-0.2, 0) is 11.3 Å². The molecule has 17 heavy (non-hydrogen) atoms. The first-order valence-corrected chi connectivity index (χ1v) is 5.64. The number of carboxylic acid groups (broad SMARTS) is 1. The summed E-state index contributed by atoms with van der Waals surface area (Å²) in [6, 6.07) is 0. The minimum Gasteiger partial charge on any atom is -0.481 e. The quantitative estimate of drug-likeness (QED) is 0.809. The summed E-state index contributed by atoms with van der Waals surface area (Å²) < 4.78 is 5.09. The fourth-order valence-corrected chi connectivity index (χ4v) is 1.41. The van der Waals surface area contributed by atoms with E-state index in [0.717, 1.165) is 0 Å². The van der Waals surface area contributed by atoms with Crippen molar-refractivity contribution in [3.63, 3.8) is 0 Å². The van der Waals surface area contributed by atoms with Crippen LogP contribution >= 0.6 is 0 Å². The maximum Gasteiger partial charge on any atom is 0.307 e. The smallest absolute Gasteiger partial charge is 0.307 e. The number of hydrogen-bond acceptors (Lipinski definition) is 5. The normalized spacial score (nSPS) is 13.3. The zero-order chi connectivity index (χ0) is 13.0. The van der Waals surface area contributed by atoms with Crippen LogP contribution in [0.1, 0.15) is 38.4 Å². The molecule has 6 heteroatoms. The van der Waals surface area contributed by atoms with Crippen LogP contribution < -0.4 is 0 Å². The van der Waals surface area contributed by atoms with Crippen LogP contribution in [0, 0.1) is 5.92 Å². The molecule has 1 unspecified atom stereocenters. The Labute approximate surface area is 101 Å². The van der Waals surface area contributed by atoms with E-state index in [1.807, 2.05) is 25.8 Å². The van der Waals surface area contributed by atoms with Crippen LogP contribution in [0.25, 0.3) is 0 Å². The van der Waals surface area contributed by atoms with Crippen LogP contribution in [0.15, 0.2) is 4.52 Å². The van der Waals surface area contributed by atoms with Gasteiger partial charge in [-0.25, -0.2) is 0 Å². The molecular weight excluding hydrogens is 222 g/mol. The fourth-order valence-electron chi connectivity index (χ4n) is 1.41. The van der Waals surface area contributed by atoms with Gasteiger partial charge in [0, 0.05) is 12.5 Å². The summed E-state index contributed by atoms with van der Waals surface area (Å²) >= 11 is 0. The van der Waals surface area contributed by atoms with Gasteiger partial charge in [0.05, 0.1) is 12.5 Å². The van der Waals surface area contributed by atoms with E-state index in [0.29, 0.717) is 24.8 Å². The van der Waals surface area contributed by atoms with E-state index in [1.54, 1.807) is 6.92 Å². The summed E-state index contributed by atoms with van der Waals surface area (Å²) in [6.45, 7) is 6.58. The van der Waals surface area contributed by atoms with Crippen molar-refractivity contribution in [2.24, 2.45) is 5.92 Å². The molecule has 1 heterocycles. The number of nitrogens with zero attached hydrogens (tertiary/aromatic N) is 3. The zero-order valence-corrected chi connectivity index (χ0v) is 10.7. The highest BCUT2D eigenvalue weighted by Gasteiger charge is 2.16. The molecule has 1 aromatic heterocycles. The Morgan fingerprint density at radius 2 is 2.12 bits per heavy atom. The monoisotopic (exact) mass is 241 g/mol. The lowest BCUT2D eigenvalue weighted by Gasteiger charge is -2.16. The van der Waals surface area contributed by atoms with Gasteiger partial charge in [0.25, 0.3) is 0 Å². The van der Waals surface area contributed by atoms with Crippen molar-refractivity contribution in [1.29, 1.82) is 0 Å².